The second-order valence-corrected chi connectivity index (χ2v) is 5.67. The molecule has 0 saturated carbocycles. The zero-order valence-corrected chi connectivity index (χ0v) is 12.8. The van der Waals surface area contributed by atoms with Crippen LogP contribution in [0, 0.1) is 0 Å². The van der Waals surface area contributed by atoms with Gasteiger partial charge in [-0.05, 0) is 26.0 Å². The van der Waals surface area contributed by atoms with Gasteiger partial charge in [-0.1, -0.05) is 6.07 Å². The van der Waals surface area contributed by atoms with E-state index in [0.29, 0.717) is 30.1 Å². The summed E-state index contributed by atoms with van der Waals surface area (Å²) in [5, 5.41) is 0. The summed E-state index contributed by atoms with van der Waals surface area (Å²) in [5.74, 6) is 0.0280. The summed E-state index contributed by atoms with van der Waals surface area (Å²) in [4.78, 5) is 28.3. The molecule has 2 N–H and O–H groups in total. The number of benzene rings is 1. The van der Waals surface area contributed by atoms with E-state index in [2.05, 4.69) is 0 Å². The Morgan fingerprint density at radius 1 is 1.33 bits per heavy atom. The second kappa shape index (κ2) is 5.27. The fourth-order valence-electron chi connectivity index (χ4n) is 2.67. The van der Waals surface area contributed by atoms with Crippen LogP contribution in [0.25, 0.3) is 0 Å². The molecular weight excluding hydrogens is 270 g/mol. The summed E-state index contributed by atoms with van der Waals surface area (Å²) < 4.78 is 5.24. The molecule has 1 heterocycles. The van der Waals surface area contributed by atoms with Gasteiger partial charge in [-0.2, -0.15) is 0 Å². The van der Waals surface area contributed by atoms with Crippen molar-refractivity contribution in [1.29, 1.82) is 0 Å². The summed E-state index contributed by atoms with van der Waals surface area (Å²) in [6, 6.07) is 5.04. The van der Waals surface area contributed by atoms with Crippen molar-refractivity contribution in [2.24, 2.45) is 0 Å². The molecule has 21 heavy (non-hydrogen) atoms. The molecule has 0 atom stereocenters. The van der Waals surface area contributed by atoms with E-state index in [9.17, 15) is 9.59 Å². The highest BCUT2D eigenvalue weighted by molar-refractivity contribution is 6.02. The number of hydrogen-bond donors (Lipinski definition) is 1. The largest absolute Gasteiger partial charge is 0.494 e. The first-order valence-corrected chi connectivity index (χ1v) is 6.80. The number of para-hydroxylation sites is 1. The Morgan fingerprint density at radius 3 is 2.62 bits per heavy atom. The van der Waals surface area contributed by atoms with Crippen LogP contribution in [0.2, 0.25) is 0 Å². The summed E-state index contributed by atoms with van der Waals surface area (Å²) in [6.45, 7) is 4.49. The Morgan fingerprint density at radius 2 is 2.00 bits per heavy atom. The maximum absolute atomic E-state index is 12.8. The predicted molar refractivity (Wildman–Crippen MR) is 80.2 cm³/mol. The fraction of sp³-hybridized carbons (Fsp3) is 0.467. The summed E-state index contributed by atoms with van der Waals surface area (Å²) in [6.07, 6.45) is 0. The van der Waals surface area contributed by atoms with Gasteiger partial charge >= 0.3 is 0 Å². The highest BCUT2D eigenvalue weighted by Gasteiger charge is 2.43. The topological polar surface area (TPSA) is 75.9 Å². The van der Waals surface area contributed by atoms with E-state index in [0.717, 1.165) is 0 Å². The van der Waals surface area contributed by atoms with Crippen LogP contribution in [0.1, 0.15) is 24.2 Å². The molecule has 0 unspecified atom stereocenters. The van der Waals surface area contributed by atoms with Crippen molar-refractivity contribution in [2.75, 3.05) is 33.0 Å². The zero-order valence-electron chi connectivity index (χ0n) is 12.8. The molecule has 6 nitrogen and oxygen atoms in total. The molecule has 1 aliphatic rings. The van der Waals surface area contributed by atoms with Crippen LogP contribution in [0.15, 0.2) is 18.2 Å². The molecule has 0 bridgehead atoms. The third-order valence-electron chi connectivity index (χ3n) is 3.93. The number of likely N-dealkylation sites (N-methyl/N-ethyl adjacent to an activating group) is 1. The van der Waals surface area contributed by atoms with E-state index in [1.54, 1.807) is 48.9 Å². The molecule has 2 rings (SSSR count). The van der Waals surface area contributed by atoms with Crippen LogP contribution in [-0.2, 0) is 4.79 Å². The van der Waals surface area contributed by atoms with Crippen molar-refractivity contribution in [3.63, 3.8) is 0 Å². The average molecular weight is 291 g/mol. The number of piperazine rings is 1. The van der Waals surface area contributed by atoms with Gasteiger partial charge in [0.05, 0.1) is 18.4 Å². The van der Waals surface area contributed by atoms with E-state index >= 15 is 0 Å². The van der Waals surface area contributed by atoms with Crippen molar-refractivity contribution >= 4 is 17.5 Å². The lowest BCUT2D eigenvalue weighted by molar-refractivity contribution is -0.144. The lowest BCUT2D eigenvalue weighted by atomic mass is 9.96. The van der Waals surface area contributed by atoms with Gasteiger partial charge in [-0.25, -0.2) is 0 Å². The Bertz CT molecular complexity index is 584. The maximum atomic E-state index is 12.8. The first-order chi connectivity index (χ1) is 9.80. The fourth-order valence-corrected chi connectivity index (χ4v) is 2.67. The molecule has 0 radical (unpaired) electrons. The molecule has 2 amide bonds. The number of rotatable bonds is 2. The number of nitrogens with two attached hydrogens (primary N) is 1. The second-order valence-electron chi connectivity index (χ2n) is 5.67. The Kier molecular flexibility index (Phi) is 3.80. The monoisotopic (exact) mass is 291 g/mol. The van der Waals surface area contributed by atoms with Crippen LogP contribution >= 0.6 is 0 Å². The summed E-state index contributed by atoms with van der Waals surface area (Å²) in [7, 11) is 3.22. The van der Waals surface area contributed by atoms with Crippen LogP contribution in [0.4, 0.5) is 5.69 Å². The molecule has 1 aromatic carbocycles. The highest BCUT2D eigenvalue weighted by Crippen LogP contribution is 2.30. The number of methoxy groups -OCH3 is 1. The van der Waals surface area contributed by atoms with Crippen molar-refractivity contribution in [3.05, 3.63) is 23.8 Å². The standard InChI is InChI=1S/C15H21N3O3/c1-15(2)14(20)17(3)8-9-18(15)13(19)10-6-5-7-11(16)12(10)21-4/h5-7H,8-9,16H2,1-4H3. The van der Waals surface area contributed by atoms with Crippen molar-refractivity contribution in [2.45, 2.75) is 19.4 Å². The number of carbonyl (C=O) groups excluding carboxylic acids is 2. The number of ether oxygens (including phenoxy) is 1. The van der Waals surface area contributed by atoms with E-state index in [-0.39, 0.29) is 11.8 Å². The maximum Gasteiger partial charge on any atom is 0.258 e. The minimum atomic E-state index is -0.889. The predicted octanol–water partition coefficient (Wildman–Crippen LogP) is 0.970. The van der Waals surface area contributed by atoms with E-state index in [1.165, 1.54) is 7.11 Å². The van der Waals surface area contributed by atoms with E-state index in [1.807, 2.05) is 0 Å². The molecule has 0 aliphatic carbocycles. The van der Waals surface area contributed by atoms with Gasteiger partial charge < -0.3 is 20.3 Å². The third kappa shape index (κ3) is 2.41. The molecule has 6 heteroatoms. The zero-order chi connectivity index (χ0) is 15.8. The Labute approximate surface area is 124 Å². The SMILES string of the molecule is COc1c(N)cccc1C(=O)N1CCN(C)C(=O)C1(C)C. The summed E-state index contributed by atoms with van der Waals surface area (Å²) >= 11 is 0. The van der Waals surface area contributed by atoms with Crippen LogP contribution in [-0.4, -0.2) is 54.4 Å². The first kappa shape index (κ1) is 15.2. The molecule has 0 spiro atoms. The highest BCUT2D eigenvalue weighted by atomic mass is 16.5. The number of hydrogen-bond acceptors (Lipinski definition) is 4. The van der Waals surface area contributed by atoms with Crippen molar-refractivity contribution < 1.29 is 14.3 Å². The first-order valence-electron chi connectivity index (χ1n) is 6.80. The van der Waals surface area contributed by atoms with Gasteiger partial charge in [0, 0.05) is 20.1 Å². The van der Waals surface area contributed by atoms with Crippen molar-refractivity contribution in [1.82, 2.24) is 9.80 Å². The molecular formula is C15H21N3O3. The number of carbonyl (C=O) groups is 2. The minimum Gasteiger partial charge on any atom is -0.494 e. The van der Waals surface area contributed by atoms with Crippen LogP contribution in [0.5, 0.6) is 5.75 Å². The Balaban J connectivity index is 2.41. The molecule has 0 aromatic heterocycles. The molecule has 1 saturated heterocycles. The minimum absolute atomic E-state index is 0.0787. The van der Waals surface area contributed by atoms with Crippen LogP contribution < -0.4 is 10.5 Å². The van der Waals surface area contributed by atoms with Gasteiger partial charge in [0.25, 0.3) is 5.91 Å². The van der Waals surface area contributed by atoms with Gasteiger partial charge in [-0.3, -0.25) is 9.59 Å². The normalized spacial score (nSPS) is 17.8. The molecule has 1 aliphatic heterocycles. The quantitative estimate of drug-likeness (QED) is 0.824. The van der Waals surface area contributed by atoms with Gasteiger partial charge in [0.15, 0.2) is 5.75 Å². The third-order valence-corrected chi connectivity index (χ3v) is 3.93. The average Bonchev–Trinajstić information content (AvgIpc) is 2.44. The van der Waals surface area contributed by atoms with E-state index < -0.39 is 5.54 Å². The Hall–Kier alpha value is -2.24. The summed E-state index contributed by atoms with van der Waals surface area (Å²) in [5.41, 5.74) is 5.74. The lowest BCUT2D eigenvalue weighted by Crippen LogP contribution is -2.63. The van der Waals surface area contributed by atoms with Crippen LogP contribution in [0.3, 0.4) is 0 Å². The molecule has 114 valence electrons. The molecule has 1 aromatic rings. The van der Waals surface area contributed by atoms with E-state index in [4.69, 9.17) is 10.5 Å². The number of nitrogens with zero attached hydrogens (tertiary/aromatic N) is 2. The van der Waals surface area contributed by atoms with Gasteiger partial charge in [0.2, 0.25) is 5.91 Å². The number of nitrogen functional groups attached to an aromatic ring is 1. The van der Waals surface area contributed by atoms with Gasteiger partial charge in [0.1, 0.15) is 5.54 Å². The number of amides is 2. The van der Waals surface area contributed by atoms with Gasteiger partial charge in [-0.15, -0.1) is 0 Å². The molecule has 1 fully saturated rings. The number of anilines is 1. The smallest absolute Gasteiger partial charge is 0.258 e. The lowest BCUT2D eigenvalue weighted by Gasteiger charge is -2.44. The van der Waals surface area contributed by atoms with Crippen molar-refractivity contribution in [3.8, 4) is 5.75 Å².